The highest BCUT2D eigenvalue weighted by molar-refractivity contribution is 6.32. The second-order valence-corrected chi connectivity index (χ2v) is 7.52. The van der Waals surface area contributed by atoms with E-state index in [2.05, 4.69) is 17.4 Å². The molecule has 0 spiro atoms. The molecule has 0 saturated heterocycles. The van der Waals surface area contributed by atoms with E-state index in [1.165, 1.54) is 17.5 Å². The summed E-state index contributed by atoms with van der Waals surface area (Å²) in [6, 6.07) is 9.85. The molecular formula is C22H24ClNO4. The zero-order valence-corrected chi connectivity index (χ0v) is 16.5. The van der Waals surface area contributed by atoms with Crippen molar-refractivity contribution in [3.05, 3.63) is 52.0 Å². The lowest BCUT2D eigenvalue weighted by atomic mass is 10.1. The Labute approximate surface area is 169 Å². The average molecular weight is 402 g/mol. The van der Waals surface area contributed by atoms with Crippen molar-refractivity contribution >= 4 is 17.5 Å². The van der Waals surface area contributed by atoms with Crippen molar-refractivity contribution in [3.63, 3.8) is 0 Å². The molecule has 0 saturated carbocycles. The van der Waals surface area contributed by atoms with E-state index in [0.29, 0.717) is 42.9 Å². The van der Waals surface area contributed by atoms with Crippen LogP contribution in [0.2, 0.25) is 5.02 Å². The Morgan fingerprint density at radius 2 is 1.93 bits per heavy atom. The molecule has 0 radical (unpaired) electrons. The summed E-state index contributed by atoms with van der Waals surface area (Å²) >= 11 is 6.28. The third kappa shape index (κ3) is 4.53. The van der Waals surface area contributed by atoms with Crippen molar-refractivity contribution in [2.45, 2.75) is 32.1 Å². The van der Waals surface area contributed by atoms with Crippen LogP contribution in [0, 0.1) is 0 Å². The molecule has 28 heavy (non-hydrogen) atoms. The molecule has 1 aliphatic heterocycles. The number of amides is 1. The van der Waals surface area contributed by atoms with E-state index in [9.17, 15) is 4.79 Å². The second kappa shape index (κ2) is 8.74. The molecule has 1 amide bonds. The molecule has 0 atom stereocenters. The second-order valence-electron chi connectivity index (χ2n) is 7.11. The maximum atomic E-state index is 12.2. The van der Waals surface area contributed by atoms with Gasteiger partial charge in [-0.05, 0) is 60.2 Å². The number of rotatable bonds is 6. The molecule has 2 aromatic carbocycles. The first-order valence-corrected chi connectivity index (χ1v) is 10.2. The molecule has 1 N–H and O–H groups in total. The van der Waals surface area contributed by atoms with Gasteiger partial charge in [-0.2, -0.15) is 0 Å². The largest absolute Gasteiger partial charge is 0.492 e. The summed E-state index contributed by atoms with van der Waals surface area (Å²) in [6.07, 6.45) is 4.55. The van der Waals surface area contributed by atoms with Crippen LogP contribution in [0.15, 0.2) is 30.3 Å². The number of hydrogen-bond donors (Lipinski definition) is 1. The fraction of sp³-hybridized carbons (Fsp3) is 0.409. The maximum Gasteiger partial charge on any atom is 0.224 e. The monoisotopic (exact) mass is 401 g/mol. The van der Waals surface area contributed by atoms with E-state index in [1.54, 1.807) is 6.07 Å². The van der Waals surface area contributed by atoms with E-state index >= 15 is 0 Å². The molecule has 1 heterocycles. The highest BCUT2D eigenvalue weighted by Gasteiger charge is 2.17. The van der Waals surface area contributed by atoms with Crippen molar-refractivity contribution in [3.8, 4) is 17.2 Å². The van der Waals surface area contributed by atoms with Crippen molar-refractivity contribution in [2.75, 3.05) is 26.4 Å². The molecule has 1 aliphatic carbocycles. The van der Waals surface area contributed by atoms with Gasteiger partial charge in [-0.1, -0.05) is 17.7 Å². The average Bonchev–Trinajstić information content (AvgIpc) is 3.01. The number of carbonyl (C=O) groups excluding carboxylic acids is 1. The Kier molecular flexibility index (Phi) is 5.91. The third-order valence-corrected chi connectivity index (χ3v) is 5.27. The standard InChI is InChI=1S/C22H24ClNO4/c23-19-11-15(12-20-22(19)28-9-2-8-27-20)13-21(25)24-7-10-26-18-6-5-16-3-1-4-17(16)14-18/h5-6,11-12,14H,1-4,7-10,13H2,(H,24,25). The number of halogens is 1. The molecule has 4 rings (SSSR count). The van der Waals surface area contributed by atoms with E-state index < -0.39 is 0 Å². The minimum atomic E-state index is -0.0805. The van der Waals surface area contributed by atoms with Crippen LogP contribution in [0.5, 0.6) is 17.2 Å². The van der Waals surface area contributed by atoms with Gasteiger partial charge in [0.1, 0.15) is 12.4 Å². The Hall–Kier alpha value is -2.40. The number of fused-ring (bicyclic) bond motifs is 2. The van der Waals surface area contributed by atoms with Gasteiger partial charge in [-0.3, -0.25) is 4.79 Å². The van der Waals surface area contributed by atoms with E-state index in [-0.39, 0.29) is 12.3 Å². The van der Waals surface area contributed by atoms with Gasteiger partial charge in [-0.15, -0.1) is 0 Å². The fourth-order valence-corrected chi connectivity index (χ4v) is 3.92. The third-order valence-electron chi connectivity index (χ3n) is 4.99. The fourth-order valence-electron chi connectivity index (χ4n) is 3.63. The molecule has 0 fully saturated rings. The predicted molar refractivity (Wildman–Crippen MR) is 108 cm³/mol. The quantitative estimate of drug-likeness (QED) is 0.749. The van der Waals surface area contributed by atoms with Crippen molar-refractivity contribution in [1.82, 2.24) is 5.32 Å². The summed E-state index contributed by atoms with van der Waals surface area (Å²) in [5, 5.41) is 3.36. The topological polar surface area (TPSA) is 56.8 Å². The van der Waals surface area contributed by atoms with Gasteiger partial charge in [0, 0.05) is 6.42 Å². The summed E-state index contributed by atoms with van der Waals surface area (Å²) in [5.41, 5.74) is 3.61. The first kappa shape index (κ1) is 18.9. The zero-order chi connectivity index (χ0) is 19.3. The maximum absolute atomic E-state index is 12.2. The van der Waals surface area contributed by atoms with Gasteiger partial charge in [0.05, 0.1) is 31.2 Å². The molecule has 0 unspecified atom stereocenters. The predicted octanol–water partition coefficient (Wildman–Crippen LogP) is 3.73. The molecule has 2 aromatic rings. The summed E-state index contributed by atoms with van der Waals surface area (Å²) in [6.45, 7) is 2.05. The molecule has 148 valence electrons. The van der Waals surface area contributed by atoms with Crippen molar-refractivity contribution in [1.29, 1.82) is 0 Å². The number of aryl methyl sites for hydroxylation is 2. The van der Waals surface area contributed by atoms with E-state index in [0.717, 1.165) is 30.6 Å². The SMILES string of the molecule is O=C(Cc1cc(Cl)c2c(c1)OCCCO2)NCCOc1ccc2c(c1)CCC2. The van der Waals surface area contributed by atoms with E-state index in [1.807, 2.05) is 12.1 Å². The first-order valence-electron chi connectivity index (χ1n) is 9.78. The van der Waals surface area contributed by atoms with Gasteiger partial charge >= 0.3 is 0 Å². The normalized spacial score (nSPS) is 14.9. The van der Waals surface area contributed by atoms with Gasteiger partial charge in [0.2, 0.25) is 5.91 Å². The Morgan fingerprint density at radius 3 is 2.86 bits per heavy atom. The summed E-state index contributed by atoms with van der Waals surface area (Å²) in [7, 11) is 0. The Balaban J connectivity index is 1.26. The van der Waals surface area contributed by atoms with Crippen LogP contribution < -0.4 is 19.5 Å². The summed E-state index contributed by atoms with van der Waals surface area (Å²) < 4.78 is 17.1. The van der Waals surface area contributed by atoms with Crippen LogP contribution >= 0.6 is 11.6 Å². The number of nitrogens with one attached hydrogen (secondary N) is 1. The van der Waals surface area contributed by atoms with Gasteiger partial charge in [0.25, 0.3) is 0 Å². The van der Waals surface area contributed by atoms with Crippen LogP contribution in [0.3, 0.4) is 0 Å². The molecule has 0 bridgehead atoms. The van der Waals surface area contributed by atoms with Crippen LogP contribution in [0.4, 0.5) is 0 Å². The van der Waals surface area contributed by atoms with Gasteiger partial charge in [-0.25, -0.2) is 0 Å². The zero-order valence-electron chi connectivity index (χ0n) is 15.8. The summed E-state index contributed by atoms with van der Waals surface area (Å²) in [5.74, 6) is 1.95. The lowest BCUT2D eigenvalue weighted by Crippen LogP contribution is -2.29. The number of benzene rings is 2. The number of hydrogen-bond acceptors (Lipinski definition) is 4. The molecule has 2 aliphatic rings. The van der Waals surface area contributed by atoms with Gasteiger partial charge in [0.15, 0.2) is 11.5 Å². The lowest BCUT2D eigenvalue weighted by Gasteiger charge is -2.12. The Bertz CT molecular complexity index is 868. The number of carbonyl (C=O) groups is 1. The van der Waals surface area contributed by atoms with Crippen molar-refractivity contribution < 1.29 is 19.0 Å². The molecule has 0 aromatic heterocycles. The van der Waals surface area contributed by atoms with Gasteiger partial charge < -0.3 is 19.5 Å². The van der Waals surface area contributed by atoms with Crippen molar-refractivity contribution in [2.24, 2.45) is 0 Å². The summed E-state index contributed by atoms with van der Waals surface area (Å²) in [4.78, 5) is 12.2. The van der Waals surface area contributed by atoms with Crippen LogP contribution in [-0.4, -0.2) is 32.3 Å². The van der Waals surface area contributed by atoms with Crippen LogP contribution in [0.25, 0.3) is 0 Å². The lowest BCUT2D eigenvalue weighted by molar-refractivity contribution is -0.120. The smallest absolute Gasteiger partial charge is 0.224 e. The molecule has 6 heteroatoms. The Morgan fingerprint density at radius 1 is 1.07 bits per heavy atom. The van der Waals surface area contributed by atoms with E-state index in [4.69, 9.17) is 25.8 Å². The van der Waals surface area contributed by atoms with Crippen LogP contribution in [-0.2, 0) is 24.1 Å². The van der Waals surface area contributed by atoms with Crippen LogP contribution in [0.1, 0.15) is 29.5 Å². The molecular weight excluding hydrogens is 378 g/mol. The minimum Gasteiger partial charge on any atom is -0.492 e. The minimum absolute atomic E-state index is 0.0805. The number of ether oxygens (including phenoxy) is 3. The first-order chi connectivity index (χ1) is 13.7. The highest BCUT2D eigenvalue weighted by atomic mass is 35.5. The molecule has 5 nitrogen and oxygen atoms in total. The highest BCUT2D eigenvalue weighted by Crippen LogP contribution is 2.38.